The third-order valence-electron chi connectivity index (χ3n) is 3.10. The van der Waals surface area contributed by atoms with Crippen LogP contribution in [0, 0.1) is 0 Å². The van der Waals surface area contributed by atoms with Crippen LogP contribution in [0.25, 0.3) is 5.82 Å². The summed E-state index contributed by atoms with van der Waals surface area (Å²) < 4.78 is 7.01. The fourth-order valence-corrected chi connectivity index (χ4v) is 1.97. The normalized spacial score (nSPS) is 10.4. The maximum absolute atomic E-state index is 12.1. The highest BCUT2D eigenvalue weighted by Gasteiger charge is 2.09. The van der Waals surface area contributed by atoms with Gasteiger partial charge in [0.25, 0.3) is 0 Å². The van der Waals surface area contributed by atoms with Crippen molar-refractivity contribution >= 4 is 5.97 Å². The van der Waals surface area contributed by atoms with Gasteiger partial charge in [-0.05, 0) is 23.8 Å². The third-order valence-corrected chi connectivity index (χ3v) is 3.10. The molecule has 0 amide bonds. The van der Waals surface area contributed by atoms with Crippen LogP contribution < -0.4 is 0 Å². The molecule has 0 fully saturated rings. The first-order valence-electron chi connectivity index (χ1n) is 6.83. The number of hydrogen-bond donors (Lipinski definition) is 0. The van der Waals surface area contributed by atoms with Crippen LogP contribution in [-0.4, -0.2) is 32.1 Å². The van der Waals surface area contributed by atoms with Crippen LogP contribution in [-0.2, 0) is 11.2 Å². The molecule has 0 saturated heterocycles. The standard InChI is InChI=1S/C16H14N4O2/c21-16(22-9-4-13-2-1-5-17-11-13)14-3-6-19-15(10-14)20-8-7-18-12-20/h1-3,5-8,10-12H,4,9H2. The molecule has 22 heavy (non-hydrogen) atoms. The number of esters is 1. The zero-order valence-corrected chi connectivity index (χ0v) is 11.8. The Morgan fingerprint density at radius 1 is 1.18 bits per heavy atom. The average molecular weight is 294 g/mol. The van der Waals surface area contributed by atoms with Gasteiger partial charge in [-0.15, -0.1) is 0 Å². The van der Waals surface area contributed by atoms with Gasteiger partial charge in [0, 0.05) is 37.4 Å². The van der Waals surface area contributed by atoms with Gasteiger partial charge in [-0.25, -0.2) is 14.8 Å². The summed E-state index contributed by atoms with van der Waals surface area (Å²) in [5.74, 6) is 0.256. The lowest BCUT2D eigenvalue weighted by atomic mass is 10.2. The van der Waals surface area contributed by atoms with E-state index in [1.807, 2.05) is 12.1 Å². The van der Waals surface area contributed by atoms with Crippen LogP contribution in [0.1, 0.15) is 15.9 Å². The number of carbonyl (C=O) groups excluding carboxylic acids is 1. The van der Waals surface area contributed by atoms with E-state index in [4.69, 9.17) is 4.74 Å². The first-order chi connectivity index (χ1) is 10.8. The Morgan fingerprint density at radius 3 is 2.91 bits per heavy atom. The van der Waals surface area contributed by atoms with Crippen molar-refractivity contribution in [2.24, 2.45) is 0 Å². The van der Waals surface area contributed by atoms with Gasteiger partial charge < -0.3 is 4.74 Å². The molecule has 0 bridgehead atoms. The van der Waals surface area contributed by atoms with Gasteiger partial charge in [-0.1, -0.05) is 6.07 Å². The predicted octanol–water partition coefficient (Wildman–Crippen LogP) is 2.06. The van der Waals surface area contributed by atoms with E-state index < -0.39 is 0 Å². The second-order valence-electron chi connectivity index (χ2n) is 4.62. The molecule has 0 atom stereocenters. The molecule has 0 radical (unpaired) electrons. The largest absolute Gasteiger partial charge is 0.462 e. The number of ether oxygens (including phenoxy) is 1. The molecule has 0 aliphatic rings. The lowest BCUT2D eigenvalue weighted by molar-refractivity contribution is 0.0509. The number of carbonyl (C=O) groups is 1. The molecular formula is C16H14N4O2. The Labute approximate surface area is 127 Å². The predicted molar refractivity (Wildman–Crippen MR) is 79.6 cm³/mol. The second-order valence-corrected chi connectivity index (χ2v) is 4.62. The van der Waals surface area contributed by atoms with Crippen molar-refractivity contribution in [1.82, 2.24) is 19.5 Å². The summed E-state index contributed by atoms with van der Waals surface area (Å²) in [6.07, 6.45) is 10.7. The number of rotatable bonds is 5. The van der Waals surface area contributed by atoms with E-state index in [1.54, 1.807) is 54.0 Å². The van der Waals surface area contributed by atoms with E-state index in [-0.39, 0.29) is 5.97 Å². The molecule has 0 saturated carbocycles. The van der Waals surface area contributed by atoms with Crippen molar-refractivity contribution in [1.29, 1.82) is 0 Å². The average Bonchev–Trinajstić information content (AvgIpc) is 3.10. The number of hydrogen-bond acceptors (Lipinski definition) is 5. The van der Waals surface area contributed by atoms with E-state index >= 15 is 0 Å². The minimum Gasteiger partial charge on any atom is -0.462 e. The maximum Gasteiger partial charge on any atom is 0.338 e. The second kappa shape index (κ2) is 6.62. The molecule has 0 spiro atoms. The molecule has 0 aliphatic carbocycles. The third kappa shape index (κ3) is 3.35. The van der Waals surface area contributed by atoms with Crippen molar-refractivity contribution in [2.45, 2.75) is 6.42 Å². The Morgan fingerprint density at radius 2 is 2.14 bits per heavy atom. The molecule has 110 valence electrons. The van der Waals surface area contributed by atoms with Gasteiger partial charge in [0.2, 0.25) is 0 Å². The lowest BCUT2D eigenvalue weighted by Gasteiger charge is -2.06. The zero-order valence-electron chi connectivity index (χ0n) is 11.8. The molecule has 3 aromatic rings. The Balaban J connectivity index is 1.62. The first kappa shape index (κ1) is 13.9. The van der Waals surface area contributed by atoms with Crippen LogP contribution >= 0.6 is 0 Å². The molecule has 6 nitrogen and oxygen atoms in total. The van der Waals surface area contributed by atoms with Crippen LogP contribution in [0.5, 0.6) is 0 Å². The van der Waals surface area contributed by atoms with Crippen molar-refractivity contribution in [2.75, 3.05) is 6.61 Å². The van der Waals surface area contributed by atoms with E-state index in [2.05, 4.69) is 15.0 Å². The number of nitrogens with zero attached hydrogens (tertiary/aromatic N) is 4. The Bertz CT molecular complexity index is 742. The van der Waals surface area contributed by atoms with Crippen molar-refractivity contribution < 1.29 is 9.53 Å². The van der Waals surface area contributed by atoms with Gasteiger partial charge >= 0.3 is 5.97 Å². The van der Waals surface area contributed by atoms with Gasteiger partial charge in [0.05, 0.1) is 12.2 Å². The number of aromatic nitrogens is 4. The molecule has 0 aliphatic heterocycles. The zero-order chi connectivity index (χ0) is 15.2. The number of imidazole rings is 1. The molecule has 0 N–H and O–H groups in total. The summed E-state index contributed by atoms with van der Waals surface area (Å²) in [6, 6.07) is 7.11. The summed E-state index contributed by atoms with van der Waals surface area (Å²) in [7, 11) is 0. The summed E-state index contributed by atoms with van der Waals surface area (Å²) in [4.78, 5) is 24.2. The molecule has 3 aromatic heterocycles. The van der Waals surface area contributed by atoms with Crippen molar-refractivity contribution in [3.05, 3.63) is 72.7 Å². The smallest absolute Gasteiger partial charge is 0.338 e. The van der Waals surface area contributed by atoms with Gasteiger partial charge in [0.1, 0.15) is 12.1 Å². The molecule has 6 heteroatoms. The monoisotopic (exact) mass is 294 g/mol. The minimum atomic E-state index is -0.368. The first-order valence-corrected chi connectivity index (χ1v) is 6.83. The van der Waals surface area contributed by atoms with Gasteiger partial charge in [-0.2, -0.15) is 0 Å². The van der Waals surface area contributed by atoms with Gasteiger partial charge in [-0.3, -0.25) is 9.55 Å². The molecular weight excluding hydrogens is 280 g/mol. The topological polar surface area (TPSA) is 69.9 Å². The summed E-state index contributed by atoms with van der Waals surface area (Å²) in [6.45, 7) is 0.313. The Hall–Kier alpha value is -3.02. The van der Waals surface area contributed by atoms with Crippen LogP contribution in [0.2, 0.25) is 0 Å². The SMILES string of the molecule is O=C(OCCc1cccnc1)c1ccnc(-n2ccnc2)c1. The fourth-order valence-electron chi connectivity index (χ4n) is 1.97. The van der Waals surface area contributed by atoms with E-state index in [0.717, 1.165) is 5.56 Å². The highest BCUT2D eigenvalue weighted by molar-refractivity contribution is 5.89. The summed E-state index contributed by atoms with van der Waals surface area (Å²) in [5, 5.41) is 0. The van der Waals surface area contributed by atoms with E-state index in [9.17, 15) is 4.79 Å². The molecule has 0 aromatic carbocycles. The van der Waals surface area contributed by atoms with Crippen LogP contribution in [0.3, 0.4) is 0 Å². The van der Waals surface area contributed by atoms with Crippen LogP contribution in [0.15, 0.2) is 61.6 Å². The summed E-state index contributed by atoms with van der Waals surface area (Å²) in [5.41, 5.74) is 1.49. The van der Waals surface area contributed by atoms with Gasteiger partial charge in [0.15, 0.2) is 0 Å². The highest BCUT2D eigenvalue weighted by atomic mass is 16.5. The summed E-state index contributed by atoms with van der Waals surface area (Å²) >= 11 is 0. The number of pyridine rings is 2. The fraction of sp³-hybridized carbons (Fsp3) is 0.125. The maximum atomic E-state index is 12.1. The Kier molecular flexibility index (Phi) is 4.20. The van der Waals surface area contributed by atoms with Crippen molar-refractivity contribution in [3.63, 3.8) is 0 Å². The molecule has 3 heterocycles. The molecule has 3 rings (SSSR count). The van der Waals surface area contributed by atoms with E-state index in [0.29, 0.717) is 24.4 Å². The van der Waals surface area contributed by atoms with Crippen LogP contribution in [0.4, 0.5) is 0 Å². The highest BCUT2D eigenvalue weighted by Crippen LogP contribution is 2.08. The van der Waals surface area contributed by atoms with Crippen molar-refractivity contribution in [3.8, 4) is 5.82 Å². The lowest BCUT2D eigenvalue weighted by Crippen LogP contribution is -2.09. The van der Waals surface area contributed by atoms with E-state index in [1.165, 1.54) is 0 Å². The quantitative estimate of drug-likeness (QED) is 0.674. The minimum absolute atomic E-state index is 0.313. The molecule has 0 unspecified atom stereocenters.